The molecule has 0 aliphatic carbocycles. The van der Waals surface area contributed by atoms with Crippen LogP contribution in [0.25, 0.3) is 0 Å². The van der Waals surface area contributed by atoms with Gasteiger partial charge in [0.2, 0.25) is 5.91 Å². The predicted octanol–water partition coefficient (Wildman–Crippen LogP) is 0.855. The first-order valence-electron chi connectivity index (χ1n) is 5.12. The summed E-state index contributed by atoms with van der Waals surface area (Å²) in [5.74, 6) is -0.382. The summed E-state index contributed by atoms with van der Waals surface area (Å²) in [6.07, 6.45) is -5.06. The fourth-order valence-corrected chi connectivity index (χ4v) is 1.39. The maximum atomic E-state index is 11.8. The number of carbonyl (C=O) groups is 1. The summed E-state index contributed by atoms with van der Waals surface area (Å²) < 4.78 is 40.5. The van der Waals surface area contributed by atoms with Crippen molar-refractivity contribution in [2.75, 3.05) is 26.3 Å². The van der Waals surface area contributed by atoms with E-state index in [4.69, 9.17) is 4.74 Å². The van der Waals surface area contributed by atoms with E-state index in [1.54, 1.807) is 0 Å². The zero-order chi connectivity index (χ0) is 12.0. The SMILES string of the molecule is Cl.O=C(CC1COCCN1)NCCC(F)(F)F. The second kappa shape index (κ2) is 7.73. The van der Waals surface area contributed by atoms with E-state index in [2.05, 4.69) is 10.6 Å². The number of hydrogen-bond acceptors (Lipinski definition) is 3. The van der Waals surface area contributed by atoms with E-state index in [1.165, 1.54) is 0 Å². The minimum atomic E-state index is -4.22. The van der Waals surface area contributed by atoms with Crippen molar-refractivity contribution in [3.05, 3.63) is 0 Å². The lowest BCUT2D eigenvalue weighted by Crippen LogP contribution is -2.44. The third-order valence-electron chi connectivity index (χ3n) is 2.16. The Bertz CT molecular complexity index is 233. The van der Waals surface area contributed by atoms with E-state index in [-0.39, 0.29) is 37.3 Å². The number of morpholine rings is 1. The quantitative estimate of drug-likeness (QED) is 0.801. The highest BCUT2D eigenvalue weighted by Gasteiger charge is 2.26. The van der Waals surface area contributed by atoms with Crippen molar-refractivity contribution in [1.29, 1.82) is 0 Å². The van der Waals surface area contributed by atoms with Crippen LogP contribution in [0.1, 0.15) is 12.8 Å². The topological polar surface area (TPSA) is 50.4 Å². The van der Waals surface area contributed by atoms with Crippen LogP contribution < -0.4 is 10.6 Å². The van der Waals surface area contributed by atoms with E-state index in [9.17, 15) is 18.0 Å². The van der Waals surface area contributed by atoms with Crippen LogP contribution in [0.15, 0.2) is 0 Å². The minimum Gasteiger partial charge on any atom is -0.378 e. The predicted molar refractivity (Wildman–Crippen MR) is 58.2 cm³/mol. The Labute approximate surface area is 104 Å². The van der Waals surface area contributed by atoms with Gasteiger partial charge in [-0.15, -0.1) is 12.4 Å². The second-order valence-electron chi connectivity index (χ2n) is 3.65. The fraction of sp³-hybridized carbons (Fsp3) is 0.889. The van der Waals surface area contributed by atoms with Crippen molar-refractivity contribution in [1.82, 2.24) is 10.6 Å². The Kier molecular flexibility index (Phi) is 7.49. The van der Waals surface area contributed by atoms with E-state index in [0.29, 0.717) is 19.8 Å². The molecule has 1 heterocycles. The number of ether oxygens (including phenoxy) is 1. The number of halogens is 4. The van der Waals surface area contributed by atoms with Crippen LogP contribution in [0.3, 0.4) is 0 Å². The zero-order valence-electron chi connectivity index (χ0n) is 9.18. The normalized spacial score (nSPS) is 20.5. The largest absolute Gasteiger partial charge is 0.390 e. The molecule has 1 atom stereocenters. The maximum Gasteiger partial charge on any atom is 0.390 e. The molecule has 0 saturated carbocycles. The zero-order valence-corrected chi connectivity index (χ0v) is 10.00. The van der Waals surface area contributed by atoms with E-state index < -0.39 is 12.6 Å². The molecule has 1 rings (SSSR count). The van der Waals surface area contributed by atoms with Gasteiger partial charge in [-0.25, -0.2) is 0 Å². The van der Waals surface area contributed by atoms with Crippen molar-refractivity contribution < 1.29 is 22.7 Å². The van der Waals surface area contributed by atoms with Gasteiger partial charge in [0.1, 0.15) is 0 Å². The molecule has 1 aliphatic rings. The minimum absolute atomic E-state index is 0. The molecule has 1 saturated heterocycles. The molecule has 2 N–H and O–H groups in total. The molecule has 0 aromatic rings. The Balaban J connectivity index is 0.00000256. The number of alkyl halides is 3. The third-order valence-corrected chi connectivity index (χ3v) is 2.16. The molecule has 1 unspecified atom stereocenters. The molecule has 8 heteroatoms. The molecule has 4 nitrogen and oxygen atoms in total. The maximum absolute atomic E-state index is 11.8. The molecule has 0 aromatic carbocycles. The third kappa shape index (κ3) is 8.23. The molecule has 0 radical (unpaired) electrons. The smallest absolute Gasteiger partial charge is 0.378 e. The molecule has 0 bridgehead atoms. The van der Waals surface area contributed by atoms with Gasteiger partial charge in [-0.3, -0.25) is 4.79 Å². The Morgan fingerprint density at radius 1 is 1.47 bits per heavy atom. The van der Waals surface area contributed by atoms with Crippen molar-refractivity contribution in [2.24, 2.45) is 0 Å². The Morgan fingerprint density at radius 3 is 2.71 bits per heavy atom. The van der Waals surface area contributed by atoms with Crippen molar-refractivity contribution in [3.63, 3.8) is 0 Å². The molecule has 0 spiro atoms. The lowest BCUT2D eigenvalue weighted by Gasteiger charge is -2.23. The van der Waals surface area contributed by atoms with Crippen LogP contribution in [-0.2, 0) is 9.53 Å². The Morgan fingerprint density at radius 2 is 2.18 bits per heavy atom. The van der Waals surface area contributed by atoms with Gasteiger partial charge in [-0.1, -0.05) is 0 Å². The van der Waals surface area contributed by atoms with Crippen LogP contribution in [0, 0.1) is 0 Å². The molecule has 0 aromatic heterocycles. The van der Waals surface area contributed by atoms with Gasteiger partial charge in [-0.2, -0.15) is 13.2 Å². The summed E-state index contributed by atoms with van der Waals surface area (Å²) in [6.45, 7) is 1.33. The van der Waals surface area contributed by atoms with Gasteiger partial charge in [-0.05, 0) is 0 Å². The second-order valence-corrected chi connectivity index (χ2v) is 3.65. The van der Waals surface area contributed by atoms with Gasteiger partial charge in [0.15, 0.2) is 0 Å². The summed E-state index contributed by atoms with van der Waals surface area (Å²) in [6, 6.07) is -0.0976. The van der Waals surface area contributed by atoms with Gasteiger partial charge in [0.05, 0.1) is 19.6 Å². The van der Waals surface area contributed by atoms with Gasteiger partial charge < -0.3 is 15.4 Å². The highest BCUT2D eigenvalue weighted by Crippen LogP contribution is 2.18. The number of rotatable bonds is 4. The van der Waals surface area contributed by atoms with Crippen LogP contribution in [0.4, 0.5) is 13.2 Å². The number of nitrogens with one attached hydrogen (secondary N) is 2. The first-order chi connectivity index (χ1) is 7.47. The molecule has 1 fully saturated rings. The van der Waals surface area contributed by atoms with Gasteiger partial charge >= 0.3 is 6.18 Å². The molecule has 17 heavy (non-hydrogen) atoms. The first-order valence-corrected chi connectivity index (χ1v) is 5.12. The lowest BCUT2D eigenvalue weighted by molar-refractivity contribution is -0.135. The lowest BCUT2D eigenvalue weighted by atomic mass is 10.2. The molecular formula is C9H16ClF3N2O2. The summed E-state index contributed by atoms with van der Waals surface area (Å²) >= 11 is 0. The highest BCUT2D eigenvalue weighted by molar-refractivity contribution is 5.85. The summed E-state index contributed by atoms with van der Waals surface area (Å²) in [4.78, 5) is 11.2. The average molecular weight is 277 g/mol. The molecule has 1 amide bonds. The monoisotopic (exact) mass is 276 g/mol. The van der Waals surface area contributed by atoms with E-state index in [1.807, 2.05) is 0 Å². The van der Waals surface area contributed by atoms with Gasteiger partial charge in [0, 0.05) is 25.6 Å². The number of amides is 1. The van der Waals surface area contributed by atoms with Crippen LogP contribution in [0.2, 0.25) is 0 Å². The molecule has 1 aliphatic heterocycles. The first kappa shape index (κ1) is 16.5. The summed E-state index contributed by atoms with van der Waals surface area (Å²) in [5, 5.41) is 5.28. The van der Waals surface area contributed by atoms with E-state index >= 15 is 0 Å². The Hall–Kier alpha value is -0.530. The number of carbonyl (C=O) groups excluding carboxylic acids is 1. The summed E-state index contributed by atoms with van der Waals surface area (Å²) in [5.41, 5.74) is 0. The van der Waals surface area contributed by atoms with Crippen molar-refractivity contribution in [3.8, 4) is 0 Å². The average Bonchev–Trinajstić information content (AvgIpc) is 2.17. The molecular weight excluding hydrogens is 261 g/mol. The van der Waals surface area contributed by atoms with Crippen molar-refractivity contribution in [2.45, 2.75) is 25.1 Å². The van der Waals surface area contributed by atoms with E-state index in [0.717, 1.165) is 0 Å². The molecule has 102 valence electrons. The van der Waals surface area contributed by atoms with Crippen LogP contribution in [0.5, 0.6) is 0 Å². The number of hydrogen-bond donors (Lipinski definition) is 2. The summed E-state index contributed by atoms with van der Waals surface area (Å²) in [7, 11) is 0. The van der Waals surface area contributed by atoms with Crippen molar-refractivity contribution >= 4 is 18.3 Å². The fourth-order valence-electron chi connectivity index (χ4n) is 1.39. The highest BCUT2D eigenvalue weighted by atomic mass is 35.5. The van der Waals surface area contributed by atoms with Crippen LogP contribution >= 0.6 is 12.4 Å². The van der Waals surface area contributed by atoms with Crippen LogP contribution in [-0.4, -0.2) is 44.4 Å². The van der Waals surface area contributed by atoms with Gasteiger partial charge in [0.25, 0.3) is 0 Å². The standard InChI is InChI=1S/C9H15F3N2O2.ClH/c10-9(11,12)1-2-14-8(15)5-7-6-16-4-3-13-7;/h7,13H,1-6H2,(H,14,15);1H.